The van der Waals surface area contributed by atoms with Crippen molar-refractivity contribution in [1.29, 1.82) is 0 Å². The molecule has 1 aliphatic heterocycles. The van der Waals surface area contributed by atoms with Crippen LogP contribution in [0, 0.1) is 18.6 Å². The summed E-state index contributed by atoms with van der Waals surface area (Å²) in [5, 5.41) is 7.53. The number of rotatable bonds is 8. The van der Waals surface area contributed by atoms with Crippen molar-refractivity contribution in [2.75, 3.05) is 20.3 Å². The summed E-state index contributed by atoms with van der Waals surface area (Å²) in [4.78, 5) is 28.3. The standard InChI is InChI=1S/C33H28F2N6O4S/c1-5-27(42)40-16-21-13-24(39-41(21)15-17(40)2)31-29(28-23(35)11-20(34)12-26(28)44-8-7-43-4)32-22(6-9-46-32)30(38-31)19-10-25-33(36-14-19)45-18(3)37-25/h5-6,9-14,17H,1,7-8,15-16H2,2-4H3. The van der Waals surface area contributed by atoms with Gasteiger partial charge in [-0.25, -0.2) is 23.7 Å². The van der Waals surface area contributed by atoms with E-state index < -0.39 is 11.6 Å². The number of aryl methyl sites for hydroxylation is 1. The topological polar surface area (TPSA) is 108 Å². The summed E-state index contributed by atoms with van der Waals surface area (Å²) in [5.41, 5.74) is 4.30. The maximum Gasteiger partial charge on any atom is 0.246 e. The van der Waals surface area contributed by atoms with Gasteiger partial charge in [0, 0.05) is 59.6 Å². The molecule has 0 N–H and O–H groups in total. The third kappa shape index (κ3) is 5.11. The summed E-state index contributed by atoms with van der Waals surface area (Å²) in [6, 6.07) is 7.46. The van der Waals surface area contributed by atoms with Crippen molar-refractivity contribution in [3.8, 4) is 39.5 Å². The van der Waals surface area contributed by atoms with Crippen LogP contribution >= 0.6 is 11.3 Å². The van der Waals surface area contributed by atoms with E-state index >= 15 is 4.39 Å². The molecule has 1 aromatic carbocycles. The maximum atomic E-state index is 16.0. The smallest absolute Gasteiger partial charge is 0.246 e. The summed E-state index contributed by atoms with van der Waals surface area (Å²) >= 11 is 1.39. The molecule has 234 valence electrons. The Labute approximate surface area is 265 Å². The van der Waals surface area contributed by atoms with Crippen molar-refractivity contribution in [3.63, 3.8) is 0 Å². The minimum absolute atomic E-state index is 0.0153. The van der Waals surface area contributed by atoms with Gasteiger partial charge < -0.3 is 18.8 Å². The summed E-state index contributed by atoms with van der Waals surface area (Å²) < 4.78 is 49.7. The average molecular weight is 643 g/mol. The van der Waals surface area contributed by atoms with E-state index in [1.54, 1.807) is 18.0 Å². The van der Waals surface area contributed by atoms with Crippen LogP contribution in [-0.4, -0.2) is 61.9 Å². The van der Waals surface area contributed by atoms with E-state index in [0.29, 0.717) is 63.1 Å². The second-order valence-corrected chi connectivity index (χ2v) is 11.9. The SMILES string of the molecule is C=CC(=O)N1Cc2cc(-c3nc(-c4cnc5oc(C)nc5c4)c4ccsc4c3-c3c(F)cc(F)cc3OCCOC)nn2CC1C. The van der Waals surface area contributed by atoms with Crippen molar-refractivity contribution >= 4 is 38.6 Å². The summed E-state index contributed by atoms with van der Waals surface area (Å²) in [6.45, 7) is 8.38. The zero-order valence-electron chi connectivity index (χ0n) is 25.2. The van der Waals surface area contributed by atoms with Gasteiger partial charge in [-0.15, -0.1) is 11.3 Å². The van der Waals surface area contributed by atoms with Crippen LogP contribution in [-0.2, 0) is 22.6 Å². The first-order valence-electron chi connectivity index (χ1n) is 14.5. The van der Waals surface area contributed by atoms with Gasteiger partial charge in [-0.2, -0.15) is 5.10 Å². The average Bonchev–Trinajstić information content (AvgIpc) is 3.77. The number of fused-ring (bicyclic) bond motifs is 3. The number of carbonyl (C=O) groups is 1. The molecule has 13 heteroatoms. The molecule has 1 aliphatic rings. The monoisotopic (exact) mass is 642 g/mol. The number of pyridine rings is 2. The minimum atomic E-state index is -0.806. The fourth-order valence-corrected chi connectivity index (χ4v) is 6.76. The summed E-state index contributed by atoms with van der Waals surface area (Å²) in [5.74, 6) is -1.26. The van der Waals surface area contributed by atoms with Crippen LogP contribution in [0.15, 0.2) is 59.0 Å². The lowest BCUT2D eigenvalue weighted by Gasteiger charge is -2.33. The third-order valence-corrected chi connectivity index (χ3v) is 8.85. The molecule has 0 spiro atoms. The molecule has 10 nitrogen and oxygen atoms in total. The van der Waals surface area contributed by atoms with Gasteiger partial charge in [0.2, 0.25) is 11.6 Å². The molecule has 7 rings (SSSR count). The predicted molar refractivity (Wildman–Crippen MR) is 169 cm³/mol. The van der Waals surface area contributed by atoms with Crippen molar-refractivity contribution in [1.82, 2.24) is 29.6 Å². The first-order chi connectivity index (χ1) is 22.2. The molecule has 6 aromatic rings. The number of ether oxygens (including phenoxy) is 2. The molecule has 1 amide bonds. The van der Waals surface area contributed by atoms with Gasteiger partial charge >= 0.3 is 0 Å². The fraction of sp³-hybridized carbons (Fsp3) is 0.242. The van der Waals surface area contributed by atoms with E-state index in [1.165, 1.54) is 24.5 Å². The second kappa shape index (κ2) is 11.7. The van der Waals surface area contributed by atoms with Crippen LogP contribution in [0.4, 0.5) is 8.78 Å². The van der Waals surface area contributed by atoms with Gasteiger partial charge in [-0.3, -0.25) is 9.48 Å². The Kier molecular flexibility index (Phi) is 7.57. The number of thiophene rings is 1. The van der Waals surface area contributed by atoms with Crippen molar-refractivity contribution in [2.24, 2.45) is 0 Å². The van der Waals surface area contributed by atoms with E-state index in [4.69, 9.17) is 24.0 Å². The highest BCUT2D eigenvalue weighted by Crippen LogP contribution is 2.47. The lowest BCUT2D eigenvalue weighted by Crippen LogP contribution is -2.44. The number of hydrogen-bond donors (Lipinski definition) is 0. The molecule has 0 saturated carbocycles. The largest absolute Gasteiger partial charge is 0.490 e. The number of benzene rings is 1. The molecule has 5 aromatic heterocycles. The molecule has 6 heterocycles. The number of nitrogens with zero attached hydrogens (tertiary/aromatic N) is 6. The first kappa shape index (κ1) is 29.7. The normalized spacial score (nSPS) is 14.6. The van der Waals surface area contributed by atoms with Gasteiger partial charge in [0.1, 0.15) is 40.9 Å². The van der Waals surface area contributed by atoms with Crippen molar-refractivity contribution in [2.45, 2.75) is 33.0 Å². The molecule has 46 heavy (non-hydrogen) atoms. The molecular formula is C33H28F2N6O4S. The summed E-state index contributed by atoms with van der Waals surface area (Å²) in [6.07, 6.45) is 2.95. The van der Waals surface area contributed by atoms with Crippen LogP contribution in [0.3, 0.4) is 0 Å². The highest BCUT2D eigenvalue weighted by atomic mass is 32.1. The zero-order valence-corrected chi connectivity index (χ0v) is 26.0. The van der Waals surface area contributed by atoms with E-state index in [0.717, 1.165) is 23.2 Å². The maximum absolute atomic E-state index is 16.0. The number of carbonyl (C=O) groups excluding carboxylic acids is 1. The van der Waals surface area contributed by atoms with Gasteiger partial charge in [0.15, 0.2) is 5.89 Å². The van der Waals surface area contributed by atoms with Gasteiger partial charge in [0.05, 0.1) is 36.6 Å². The minimum Gasteiger partial charge on any atom is -0.490 e. The Balaban J connectivity index is 1.49. The van der Waals surface area contributed by atoms with Crippen molar-refractivity contribution in [3.05, 3.63) is 77.8 Å². The number of oxazole rings is 1. The first-order valence-corrected chi connectivity index (χ1v) is 15.4. The quantitative estimate of drug-likeness (QED) is 0.136. The molecule has 0 aliphatic carbocycles. The van der Waals surface area contributed by atoms with Gasteiger partial charge in [-0.1, -0.05) is 6.58 Å². The highest BCUT2D eigenvalue weighted by molar-refractivity contribution is 7.18. The number of aromatic nitrogens is 5. The Morgan fingerprint density at radius 3 is 2.83 bits per heavy atom. The third-order valence-electron chi connectivity index (χ3n) is 7.91. The second-order valence-electron chi connectivity index (χ2n) is 11.0. The van der Waals surface area contributed by atoms with E-state index in [2.05, 4.69) is 16.5 Å². The van der Waals surface area contributed by atoms with Gasteiger partial charge in [-0.05, 0) is 36.6 Å². The van der Waals surface area contributed by atoms with Crippen LogP contribution in [0.5, 0.6) is 5.75 Å². The molecule has 1 unspecified atom stereocenters. The zero-order chi connectivity index (χ0) is 32.1. The van der Waals surface area contributed by atoms with Crippen LogP contribution < -0.4 is 4.74 Å². The molecule has 1 atom stereocenters. The Morgan fingerprint density at radius 1 is 1.17 bits per heavy atom. The number of amides is 1. The molecule has 0 fully saturated rings. The number of halogens is 2. The number of hydrogen-bond acceptors (Lipinski definition) is 9. The van der Waals surface area contributed by atoms with E-state index in [9.17, 15) is 9.18 Å². The van der Waals surface area contributed by atoms with E-state index in [-0.39, 0.29) is 36.5 Å². The van der Waals surface area contributed by atoms with Crippen molar-refractivity contribution < 1.29 is 27.5 Å². The molecular weight excluding hydrogens is 614 g/mol. The Hall–Kier alpha value is -5.01. The van der Waals surface area contributed by atoms with Gasteiger partial charge in [0.25, 0.3) is 0 Å². The molecule has 0 saturated heterocycles. The summed E-state index contributed by atoms with van der Waals surface area (Å²) in [7, 11) is 1.52. The Morgan fingerprint density at radius 2 is 2.02 bits per heavy atom. The van der Waals surface area contributed by atoms with Crippen LogP contribution in [0.2, 0.25) is 0 Å². The molecule has 0 radical (unpaired) electrons. The lowest BCUT2D eigenvalue weighted by molar-refractivity contribution is -0.129. The fourth-order valence-electron chi connectivity index (χ4n) is 5.81. The predicted octanol–water partition coefficient (Wildman–Crippen LogP) is 6.56. The van der Waals surface area contributed by atoms with Crippen LogP contribution in [0.1, 0.15) is 18.5 Å². The Bertz CT molecular complexity index is 2160. The lowest BCUT2D eigenvalue weighted by atomic mass is 9.96. The highest BCUT2D eigenvalue weighted by Gasteiger charge is 2.30. The van der Waals surface area contributed by atoms with Crippen LogP contribution in [0.25, 0.3) is 55.1 Å². The van der Waals surface area contributed by atoms with E-state index in [1.807, 2.05) is 35.2 Å². The molecule has 0 bridgehead atoms. The number of methoxy groups -OCH3 is 1.